The second-order valence-electron chi connectivity index (χ2n) is 5.77. The van der Waals surface area contributed by atoms with Crippen LogP contribution in [0.1, 0.15) is 18.5 Å². The Morgan fingerprint density at radius 3 is 3.09 bits per heavy atom. The van der Waals surface area contributed by atoms with Crippen LogP contribution in [0.3, 0.4) is 0 Å². The second kappa shape index (κ2) is 6.62. The number of urea groups is 1. The molecule has 3 N–H and O–H groups in total. The standard InChI is InChI=1S/C14H21N5O2S/c15-7-10-2-5-18(8-10)12(20)6-11-9-22-14(17-11)19-4-1-3-16-13(19)21/h9-10H,1-8,15H2,(H,16,21)/t10-/m0/s1. The Balaban J connectivity index is 1.59. The molecular formula is C14H21N5O2S. The summed E-state index contributed by atoms with van der Waals surface area (Å²) in [7, 11) is 0. The van der Waals surface area contributed by atoms with Crippen molar-refractivity contribution in [3.05, 3.63) is 11.1 Å². The maximum atomic E-state index is 12.3. The highest BCUT2D eigenvalue weighted by Crippen LogP contribution is 2.23. The molecule has 0 spiro atoms. The molecule has 3 heterocycles. The Kier molecular flexibility index (Phi) is 4.58. The van der Waals surface area contributed by atoms with Gasteiger partial charge in [0.15, 0.2) is 5.13 Å². The number of likely N-dealkylation sites (tertiary alicyclic amines) is 1. The molecule has 2 aliphatic rings. The molecule has 1 atom stereocenters. The summed E-state index contributed by atoms with van der Waals surface area (Å²) < 4.78 is 0. The normalized spacial score (nSPS) is 22.0. The third-order valence-corrected chi connectivity index (χ3v) is 5.07. The lowest BCUT2D eigenvalue weighted by Crippen LogP contribution is -2.46. The van der Waals surface area contributed by atoms with Crippen molar-refractivity contribution in [1.29, 1.82) is 0 Å². The van der Waals surface area contributed by atoms with Crippen LogP contribution in [0.2, 0.25) is 0 Å². The Hall–Kier alpha value is -1.67. The smallest absolute Gasteiger partial charge is 0.323 e. The van der Waals surface area contributed by atoms with Crippen LogP contribution in [-0.2, 0) is 11.2 Å². The van der Waals surface area contributed by atoms with Gasteiger partial charge in [-0.2, -0.15) is 0 Å². The van der Waals surface area contributed by atoms with Crippen molar-refractivity contribution in [2.75, 3.05) is 37.6 Å². The lowest BCUT2D eigenvalue weighted by atomic mass is 10.1. The number of nitrogens with one attached hydrogen (secondary N) is 1. The molecule has 2 aliphatic heterocycles. The van der Waals surface area contributed by atoms with Crippen LogP contribution in [-0.4, -0.2) is 54.5 Å². The van der Waals surface area contributed by atoms with Gasteiger partial charge in [0, 0.05) is 31.6 Å². The van der Waals surface area contributed by atoms with E-state index in [0.717, 1.165) is 31.6 Å². The molecular weight excluding hydrogens is 302 g/mol. The van der Waals surface area contributed by atoms with Crippen molar-refractivity contribution in [3.63, 3.8) is 0 Å². The van der Waals surface area contributed by atoms with Crippen LogP contribution in [0.15, 0.2) is 5.38 Å². The van der Waals surface area contributed by atoms with Crippen LogP contribution < -0.4 is 16.0 Å². The third kappa shape index (κ3) is 3.22. The summed E-state index contributed by atoms with van der Waals surface area (Å²) in [5.74, 6) is 0.517. The maximum Gasteiger partial charge on any atom is 0.323 e. The van der Waals surface area contributed by atoms with E-state index in [0.29, 0.717) is 37.1 Å². The minimum atomic E-state index is -0.108. The number of rotatable bonds is 4. The minimum Gasteiger partial charge on any atom is -0.342 e. The van der Waals surface area contributed by atoms with Crippen molar-refractivity contribution >= 4 is 28.4 Å². The Morgan fingerprint density at radius 2 is 2.36 bits per heavy atom. The lowest BCUT2D eigenvalue weighted by Gasteiger charge is -2.24. The first-order valence-corrected chi connectivity index (χ1v) is 8.53. The third-order valence-electron chi connectivity index (χ3n) is 4.15. The predicted octanol–water partition coefficient (Wildman–Crippen LogP) is 0.413. The summed E-state index contributed by atoms with van der Waals surface area (Å²) in [4.78, 5) is 32.0. The van der Waals surface area contributed by atoms with Gasteiger partial charge in [-0.15, -0.1) is 11.3 Å². The fourth-order valence-electron chi connectivity index (χ4n) is 2.83. The highest BCUT2D eigenvalue weighted by molar-refractivity contribution is 7.14. The zero-order valence-corrected chi connectivity index (χ0v) is 13.3. The number of nitrogens with zero attached hydrogens (tertiary/aromatic N) is 3. The predicted molar refractivity (Wildman–Crippen MR) is 84.9 cm³/mol. The van der Waals surface area contributed by atoms with E-state index in [2.05, 4.69) is 10.3 Å². The van der Waals surface area contributed by atoms with E-state index in [1.165, 1.54) is 11.3 Å². The first-order valence-electron chi connectivity index (χ1n) is 7.65. The summed E-state index contributed by atoms with van der Waals surface area (Å²) in [5, 5.41) is 5.34. The van der Waals surface area contributed by atoms with Gasteiger partial charge in [0.25, 0.3) is 0 Å². The zero-order valence-electron chi connectivity index (χ0n) is 12.5. The van der Waals surface area contributed by atoms with Crippen molar-refractivity contribution in [2.24, 2.45) is 11.7 Å². The molecule has 3 rings (SSSR count). The molecule has 8 heteroatoms. The molecule has 22 heavy (non-hydrogen) atoms. The first-order chi connectivity index (χ1) is 10.7. The summed E-state index contributed by atoms with van der Waals surface area (Å²) in [5.41, 5.74) is 6.39. The second-order valence-corrected chi connectivity index (χ2v) is 6.60. The number of anilines is 1. The number of nitrogens with two attached hydrogens (primary N) is 1. The molecule has 120 valence electrons. The van der Waals surface area contributed by atoms with E-state index in [-0.39, 0.29) is 11.9 Å². The summed E-state index contributed by atoms with van der Waals surface area (Å²) in [6, 6.07) is -0.108. The van der Waals surface area contributed by atoms with Gasteiger partial charge >= 0.3 is 6.03 Å². The molecule has 0 bridgehead atoms. The number of aromatic nitrogens is 1. The molecule has 2 saturated heterocycles. The molecule has 0 unspecified atom stereocenters. The molecule has 7 nitrogen and oxygen atoms in total. The van der Waals surface area contributed by atoms with Crippen molar-refractivity contribution in [1.82, 2.24) is 15.2 Å². The van der Waals surface area contributed by atoms with E-state index < -0.39 is 0 Å². The number of hydrogen-bond acceptors (Lipinski definition) is 5. The van der Waals surface area contributed by atoms with Crippen molar-refractivity contribution < 1.29 is 9.59 Å². The lowest BCUT2D eigenvalue weighted by molar-refractivity contribution is -0.129. The van der Waals surface area contributed by atoms with Gasteiger partial charge in [0.2, 0.25) is 5.91 Å². The van der Waals surface area contributed by atoms with Crippen molar-refractivity contribution in [2.45, 2.75) is 19.3 Å². The van der Waals surface area contributed by atoms with Crippen LogP contribution >= 0.6 is 11.3 Å². The quantitative estimate of drug-likeness (QED) is 0.840. The number of carbonyl (C=O) groups excluding carboxylic acids is 2. The maximum absolute atomic E-state index is 12.3. The molecule has 2 fully saturated rings. The largest absolute Gasteiger partial charge is 0.342 e. The van der Waals surface area contributed by atoms with Gasteiger partial charge in [0.1, 0.15) is 0 Å². The molecule has 1 aromatic heterocycles. The Bertz CT molecular complexity index is 561. The topological polar surface area (TPSA) is 91.6 Å². The van der Waals surface area contributed by atoms with E-state index in [1.807, 2.05) is 10.3 Å². The summed E-state index contributed by atoms with van der Waals surface area (Å²) in [6.45, 7) is 3.56. The average molecular weight is 323 g/mol. The molecule has 3 amide bonds. The monoisotopic (exact) mass is 323 g/mol. The molecule has 0 radical (unpaired) electrons. The molecule has 0 aliphatic carbocycles. The van der Waals surface area contributed by atoms with Crippen LogP contribution in [0.5, 0.6) is 0 Å². The number of carbonyl (C=O) groups is 2. The number of amides is 3. The Labute approximate surface area is 133 Å². The fourth-order valence-corrected chi connectivity index (χ4v) is 3.68. The van der Waals surface area contributed by atoms with E-state index >= 15 is 0 Å². The van der Waals surface area contributed by atoms with Gasteiger partial charge in [0.05, 0.1) is 12.1 Å². The Morgan fingerprint density at radius 1 is 1.50 bits per heavy atom. The minimum absolute atomic E-state index is 0.0934. The fraction of sp³-hybridized carbons (Fsp3) is 0.643. The van der Waals surface area contributed by atoms with Crippen LogP contribution in [0.4, 0.5) is 9.93 Å². The van der Waals surface area contributed by atoms with Gasteiger partial charge in [-0.3, -0.25) is 9.69 Å². The summed E-state index contributed by atoms with van der Waals surface area (Å²) in [6.07, 6.45) is 2.19. The molecule has 0 aromatic carbocycles. The van der Waals surface area contributed by atoms with Gasteiger partial charge < -0.3 is 16.0 Å². The first kappa shape index (κ1) is 15.2. The highest BCUT2D eigenvalue weighted by atomic mass is 32.1. The number of hydrogen-bond donors (Lipinski definition) is 2. The van der Waals surface area contributed by atoms with E-state index in [4.69, 9.17) is 5.73 Å². The molecule has 0 saturated carbocycles. The van der Waals surface area contributed by atoms with Gasteiger partial charge in [-0.05, 0) is 25.3 Å². The molecule has 1 aromatic rings. The SMILES string of the molecule is NC[C@@H]1CCN(C(=O)Cc2csc(N3CCCNC3=O)n2)C1. The average Bonchev–Trinajstić information content (AvgIpc) is 3.16. The number of thiazole rings is 1. The van der Waals surface area contributed by atoms with E-state index in [9.17, 15) is 9.59 Å². The van der Waals surface area contributed by atoms with Crippen molar-refractivity contribution in [3.8, 4) is 0 Å². The summed E-state index contributed by atoms with van der Waals surface area (Å²) >= 11 is 1.41. The van der Waals surface area contributed by atoms with Crippen LogP contribution in [0, 0.1) is 5.92 Å². The van der Waals surface area contributed by atoms with E-state index in [1.54, 1.807) is 4.90 Å². The van der Waals surface area contributed by atoms with Crippen LogP contribution in [0.25, 0.3) is 0 Å². The van der Waals surface area contributed by atoms with Gasteiger partial charge in [-0.25, -0.2) is 9.78 Å². The zero-order chi connectivity index (χ0) is 15.5. The highest BCUT2D eigenvalue weighted by Gasteiger charge is 2.26. The van der Waals surface area contributed by atoms with Gasteiger partial charge in [-0.1, -0.05) is 0 Å².